The molecule has 1 saturated carbocycles. The predicted molar refractivity (Wildman–Crippen MR) is 72.4 cm³/mol. The van der Waals surface area contributed by atoms with Crippen molar-refractivity contribution in [3.63, 3.8) is 0 Å². The van der Waals surface area contributed by atoms with Gasteiger partial charge in [0.1, 0.15) is 12.0 Å². The Hall–Kier alpha value is -1.33. The first-order chi connectivity index (χ1) is 9.66. The molecule has 1 aromatic heterocycles. The van der Waals surface area contributed by atoms with Crippen LogP contribution in [-0.2, 0) is 4.74 Å². The van der Waals surface area contributed by atoms with Gasteiger partial charge in [-0.25, -0.2) is 0 Å². The Labute approximate surface area is 118 Å². The fourth-order valence-electron chi connectivity index (χ4n) is 3.37. The molecule has 1 aromatic rings. The zero-order valence-electron chi connectivity index (χ0n) is 11.7. The number of aryl methyl sites for hydroxylation is 1. The van der Waals surface area contributed by atoms with E-state index in [0.717, 1.165) is 25.0 Å². The topological polar surface area (TPSA) is 62.9 Å². The van der Waals surface area contributed by atoms with E-state index in [2.05, 4.69) is 0 Å². The van der Waals surface area contributed by atoms with Crippen molar-refractivity contribution in [1.29, 1.82) is 0 Å². The first kappa shape index (κ1) is 13.6. The monoisotopic (exact) mass is 279 g/mol. The minimum absolute atomic E-state index is 0.0192. The van der Waals surface area contributed by atoms with Crippen molar-refractivity contribution in [3.8, 4) is 0 Å². The minimum atomic E-state index is -0.317. The summed E-state index contributed by atoms with van der Waals surface area (Å²) in [5, 5.41) is 10.1. The van der Waals surface area contributed by atoms with Crippen molar-refractivity contribution >= 4 is 5.91 Å². The third kappa shape index (κ3) is 2.47. The summed E-state index contributed by atoms with van der Waals surface area (Å²) in [6, 6.07) is 1.74. The van der Waals surface area contributed by atoms with Crippen LogP contribution in [0, 0.1) is 12.8 Å². The molecule has 5 heteroatoms. The van der Waals surface area contributed by atoms with Crippen LogP contribution in [0.15, 0.2) is 16.7 Å². The number of carbonyl (C=O) groups excluding carboxylic acids is 1. The molecule has 3 rings (SSSR count). The number of aliphatic hydroxyl groups is 1. The van der Waals surface area contributed by atoms with Crippen LogP contribution >= 0.6 is 0 Å². The normalized spacial score (nSPS) is 30.7. The van der Waals surface area contributed by atoms with Crippen LogP contribution in [0.4, 0.5) is 0 Å². The fraction of sp³-hybridized carbons (Fsp3) is 0.667. The summed E-state index contributed by atoms with van der Waals surface area (Å²) in [5.41, 5.74) is 0.585. The lowest BCUT2D eigenvalue weighted by molar-refractivity contribution is -0.0383. The molecule has 0 radical (unpaired) electrons. The van der Waals surface area contributed by atoms with Crippen molar-refractivity contribution < 1.29 is 19.1 Å². The van der Waals surface area contributed by atoms with E-state index in [1.165, 1.54) is 6.26 Å². The van der Waals surface area contributed by atoms with Crippen molar-refractivity contribution in [3.05, 3.63) is 23.7 Å². The van der Waals surface area contributed by atoms with Gasteiger partial charge in [0.15, 0.2) is 0 Å². The Bertz CT molecular complexity index is 484. The molecular weight excluding hydrogens is 258 g/mol. The van der Waals surface area contributed by atoms with Crippen molar-refractivity contribution in [2.45, 2.75) is 38.3 Å². The molecular formula is C15H21NO4. The van der Waals surface area contributed by atoms with E-state index in [4.69, 9.17) is 9.15 Å². The highest BCUT2D eigenvalue weighted by Crippen LogP contribution is 2.32. The molecule has 1 N–H and O–H groups in total. The Kier molecular flexibility index (Phi) is 3.81. The third-order valence-electron chi connectivity index (χ3n) is 4.43. The van der Waals surface area contributed by atoms with Crippen molar-refractivity contribution in [2.24, 2.45) is 5.92 Å². The highest BCUT2D eigenvalue weighted by Gasteiger charge is 2.39. The Morgan fingerprint density at radius 2 is 2.30 bits per heavy atom. The summed E-state index contributed by atoms with van der Waals surface area (Å²) in [4.78, 5) is 14.5. The molecule has 2 fully saturated rings. The number of furan rings is 1. The summed E-state index contributed by atoms with van der Waals surface area (Å²) in [6.07, 6.45) is 4.00. The molecule has 1 amide bonds. The standard InChI is InChI=1S/C15H21NO4/c1-10-7-11(8-20-10)15(18)16-5-6-19-9-13(16)12-3-2-4-14(12)17/h7-8,12-14,17H,2-6,9H2,1H3. The van der Waals surface area contributed by atoms with Crippen molar-refractivity contribution in [2.75, 3.05) is 19.8 Å². The average molecular weight is 279 g/mol. The molecule has 20 heavy (non-hydrogen) atoms. The number of aliphatic hydroxyl groups excluding tert-OH is 1. The first-order valence-electron chi connectivity index (χ1n) is 7.28. The predicted octanol–water partition coefficient (Wildman–Crippen LogP) is 1.59. The lowest BCUT2D eigenvalue weighted by atomic mass is 9.94. The van der Waals surface area contributed by atoms with Gasteiger partial charge in [-0.1, -0.05) is 6.42 Å². The summed E-state index contributed by atoms with van der Waals surface area (Å²) >= 11 is 0. The van der Waals surface area contributed by atoms with Crippen LogP contribution < -0.4 is 0 Å². The number of carbonyl (C=O) groups is 1. The second-order valence-electron chi connectivity index (χ2n) is 5.75. The molecule has 1 aliphatic heterocycles. The average Bonchev–Trinajstić information content (AvgIpc) is 3.07. The fourth-order valence-corrected chi connectivity index (χ4v) is 3.37. The molecule has 2 heterocycles. The molecule has 110 valence electrons. The van der Waals surface area contributed by atoms with E-state index < -0.39 is 0 Å². The Morgan fingerprint density at radius 3 is 2.95 bits per heavy atom. The highest BCUT2D eigenvalue weighted by atomic mass is 16.5. The quantitative estimate of drug-likeness (QED) is 0.893. The van der Waals surface area contributed by atoms with E-state index in [-0.39, 0.29) is 24.0 Å². The lowest BCUT2D eigenvalue weighted by Crippen LogP contribution is -2.53. The van der Waals surface area contributed by atoms with Gasteiger partial charge in [-0.15, -0.1) is 0 Å². The summed E-state index contributed by atoms with van der Waals surface area (Å²) in [5.74, 6) is 0.848. The van der Waals surface area contributed by atoms with Crippen molar-refractivity contribution in [1.82, 2.24) is 4.90 Å². The summed E-state index contributed by atoms with van der Waals surface area (Å²) in [6.45, 7) is 3.48. The van der Waals surface area contributed by atoms with Gasteiger partial charge >= 0.3 is 0 Å². The van der Waals surface area contributed by atoms with E-state index in [0.29, 0.717) is 25.3 Å². The van der Waals surface area contributed by atoms with Gasteiger partial charge < -0.3 is 19.2 Å². The maximum Gasteiger partial charge on any atom is 0.257 e. The van der Waals surface area contributed by atoms with Gasteiger partial charge in [-0.3, -0.25) is 4.79 Å². The second-order valence-corrected chi connectivity index (χ2v) is 5.75. The largest absolute Gasteiger partial charge is 0.469 e. The first-order valence-corrected chi connectivity index (χ1v) is 7.28. The zero-order valence-corrected chi connectivity index (χ0v) is 11.7. The van der Waals surface area contributed by atoms with E-state index in [9.17, 15) is 9.90 Å². The molecule has 3 unspecified atom stereocenters. The van der Waals surface area contributed by atoms with E-state index in [1.54, 1.807) is 6.07 Å². The second kappa shape index (κ2) is 5.58. The third-order valence-corrected chi connectivity index (χ3v) is 4.43. The minimum Gasteiger partial charge on any atom is -0.469 e. The van der Waals surface area contributed by atoms with Gasteiger partial charge in [-0.05, 0) is 25.8 Å². The maximum absolute atomic E-state index is 12.6. The Balaban J connectivity index is 1.79. The number of morpholine rings is 1. The number of ether oxygens (including phenoxy) is 1. The highest BCUT2D eigenvalue weighted by molar-refractivity contribution is 5.94. The number of rotatable bonds is 2. The van der Waals surface area contributed by atoms with Crippen LogP contribution in [0.3, 0.4) is 0 Å². The van der Waals surface area contributed by atoms with Gasteiger partial charge in [0.2, 0.25) is 0 Å². The zero-order chi connectivity index (χ0) is 14.1. The van der Waals surface area contributed by atoms with Crippen LogP contribution in [0.25, 0.3) is 0 Å². The van der Waals surface area contributed by atoms with Crippen LogP contribution in [0.1, 0.15) is 35.4 Å². The molecule has 0 aromatic carbocycles. The summed E-state index contributed by atoms with van der Waals surface area (Å²) in [7, 11) is 0. The molecule has 0 spiro atoms. The van der Waals surface area contributed by atoms with E-state index >= 15 is 0 Å². The molecule has 3 atom stereocenters. The molecule has 2 aliphatic rings. The molecule has 1 aliphatic carbocycles. The Morgan fingerprint density at radius 1 is 1.45 bits per heavy atom. The van der Waals surface area contributed by atoms with Gasteiger partial charge in [0, 0.05) is 12.5 Å². The number of hydrogen-bond donors (Lipinski definition) is 1. The summed E-state index contributed by atoms with van der Waals surface area (Å²) < 4.78 is 10.8. The van der Waals surface area contributed by atoms with Crippen LogP contribution in [-0.4, -0.2) is 47.8 Å². The van der Waals surface area contributed by atoms with Gasteiger partial charge in [-0.2, -0.15) is 0 Å². The van der Waals surface area contributed by atoms with E-state index in [1.807, 2.05) is 11.8 Å². The van der Waals surface area contributed by atoms with Gasteiger partial charge in [0.05, 0.1) is 30.9 Å². The van der Waals surface area contributed by atoms with Crippen LogP contribution in [0.2, 0.25) is 0 Å². The maximum atomic E-state index is 12.6. The molecule has 5 nitrogen and oxygen atoms in total. The molecule has 0 bridgehead atoms. The number of hydrogen-bond acceptors (Lipinski definition) is 4. The van der Waals surface area contributed by atoms with Gasteiger partial charge in [0.25, 0.3) is 5.91 Å². The lowest BCUT2D eigenvalue weighted by Gasteiger charge is -2.39. The molecule has 1 saturated heterocycles. The van der Waals surface area contributed by atoms with Crippen LogP contribution in [0.5, 0.6) is 0 Å². The SMILES string of the molecule is Cc1cc(C(=O)N2CCOCC2C2CCCC2O)co1. The number of amides is 1. The smallest absolute Gasteiger partial charge is 0.257 e. The number of nitrogens with zero attached hydrogens (tertiary/aromatic N) is 1.